The fourth-order valence-corrected chi connectivity index (χ4v) is 1.70. The Hall–Kier alpha value is -1.63. The Bertz CT molecular complexity index is 319. The van der Waals surface area contributed by atoms with Gasteiger partial charge >= 0.3 is 5.97 Å². The highest BCUT2D eigenvalue weighted by atomic mass is 16.4. The summed E-state index contributed by atoms with van der Waals surface area (Å²) in [5.41, 5.74) is 2.78. The number of carboxylic acids is 1. The zero-order valence-corrected chi connectivity index (χ0v) is 9.73. The van der Waals surface area contributed by atoms with Gasteiger partial charge in [-0.25, -0.2) is 10.2 Å². The highest BCUT2D eigenvalue weighted by Crippen LogP contribution is 2.11. The average molecular weight is 243 g/mol. The number of nitrogens with zero attached hydrogens (tertiary/aromatic N) is 1. The number of rotatable bonds is 4. The Balaban J connectivity index is 2.47. The van der Waals surface area contributed by atoms with Gasteiger partial charge in [0.15, 0.2) is 0 Å². The predicted octanol–water partition coefficient (Wildman–Crippen LogP) is -0.907. The molecule has 0 aliphatic carbocycles. The number of amides is 2. The van der Waals surface area contributed by atoms with Crippen molar-refractivity contribution in [3.8, 4) is 0 Å². The van der Waals surface area contributed by atoms with Crippen LogP contribution in [0.3, 0.4) is 0 Å². The minimum absolute atomic E-state index is 0.0936. The third-order valence-corrected chi connectivity index (χ3v) is 2.51. The van der Waals surface area contributed by atoms with Crippen molar-refractivity contribution in [2.24, 2.45) is 0 Å². The molecule has 1 rings (SSSR count). The Morgan fingerprint density at radius 1 is 1.47 bits per heavy atom. The summed E-state index contributed by atoms with van der Waals surface area (Å²) < 4.78 is 0. The lowest BCUT2D eigenvalue weighted by atomic mass is 10.1. The SMILES string of the molecule is CC(=O)NCCC(=O)N1NCCCC1C(=O)O. The van der Waals surface area contributed by atoms with Crippen LogP contribution in [0.25, 0.3) is 0 Å². The summed E-state index contributed by atoms with van der Waals surface area (Å²) in [4.78, 5) is 33.3. The minimum atomic E-state index is -1.01. The average Bonchev–Trinajstić information content (AvgIpc) is 2.28. The summed E-state index contributed by atoms with van der Waals surface area (Å²) >= 11 is 0. The van der Waals surface area contributed by atoms with Crippen LogP contribution in [0.5, 0.6) is 0 Å². The van der Waals surface area contributed by atoms with E-state index in [2.05, 4.69) is 10.7 Å². The van der Waals surface area contributed by atoms with E-state index in [-0.39, 0.29) is 24.8 Å². The molecule has 1 unspecified atom stereocenters. The van der Waals surface area contributed by atoms with Gasteiger partial charge in [0.25, 0.3) is 0 Å². The van der Waals surface area contributed by atoms with Gasteiger partial charge in [-0.1, -0.05) is 0 Å². The van der Waals surface area contributed by atoms with E-state index in [9.17, 15) is 14.4 Å². The van der Waals surface area contributed by atoms with Gasteiger partial charge in [0.2, 0.25) is 11.8 Å². The molecule has 2 amide bonds. The number of carboxylic acid groups (broad SMARTS) is 1. The zero-order chi connectivity index (χ0) is 12.8. The second-order valence-corrected chi connectivity index (χ2v) is 3.90. The third-order valence-electron chi connectivity index (χ3n) is 2.51. The molecule has 7 heteroatoms. The third kappa shape index (κ3) is 4.03. The van der Waals surface area contributed by atoms with E-state index in [1.54, 1.807) is 0 Å². The molecule has 1 fully saturated rings. The summed E-state index contributed by atoms with van der Waals surface area (Å²) in [6.07, 6.45) is 1.27. The van der Waals surface area contributed by atoms with E-state index in [1.165, 1.54) is 6.92 Å². The van der Waals surface area contributed by atoms with E-state index in [0.717, 1.165) is 11.4 Å². The number of hydrazine groups is 1. The van der Waals surface area contributed by atoms with Crippen LogP contribution in [-0.4, -0.2) is 47.0 Å². The maximum absolute atomic E-state index is 11.7. The maximum Gasteiger partial charge on any atom is 0.328 e. The molecule has 1 heterocycles. The van der Waals surface area contributed by atoms with Crippen LogP contribution in [0, 0.1) is 0 Å². The molecule has 0 saturated carbocycles. The highest BCUT2D eigenvalue weighted by molar-refractivity contribution is 5.84. The lowest BCUT2D eigenvalue weighted by Gasteiger charge is -2.33. The predicted molar refractivity (Wildman–Crippen MR) is 58.8 cm³/mol. The first kappa shape index (κ1) is 13.4. The summed E-state index contributed by atoms with van der Waals surface area (Å²) in [6.45, 7) is 2.18. The summed E-state index contributed by atoms with van der Waals surface area (Å²) in [6, 6.07) is -0.812. The van der Waals surface area contributed by atoms with Gasteiger partial charge in [0.05, 0.1) is 0 Å². The number of nitrogens with one attached hydrogen (secondary N) is 2. The summed E-state index contributed by atoms with van der Waals surface area (Å²) in [7, 11) is 0. The molecule has 0 aromatic carbocycles. The molecular weight excluding hydrogens is 226 g/mol. The van der Waals surface area contributed by atoms with Gasteiger partial charge in [-0.2, -0.15) is 0 Å². The van der Waals surface area contributed by atoms with Gasteiger partial charge in [-0.3, -0.25) is 14.6 Å². The van der Waals surface area contributed by atoms with Gasteiger partial charge in [0, 0.05) is 26.4 Å². The van der Waals surface area contributed by atoms with Crippen molar-refractivity contribution in [2.75, 3.05) is 13.1 Å². The lowest BCUT2D eigenvalue weighted by Crippen LogP contribution is -2.56. The lowest BCUT2D eigenvalue weighted by molar-refractivity contribution is -0.155. The molecule has 7 nitrogen and oxygen atoms in total. The Labute approximate surface area is 99.1 Å². The van der Waals surface area contributed by atoms with Crippen molar-refractivity contribution in [1.82, 2.24) is 15.8 Å². The Kier molecular flexibility index (Phi) is 4.89. The van der Waals surface area contributed by atoms with Crippen LogP contribution < -0.4 is 10.7 Å². The minimum Gasteiger partial charge on any atom is -0.480 e. The van der Waals surface area contributed by atoms with E-state index in [0.29, 0.717) is 13.0 Å². The van der Waals surface area contributed by atoms with Crippen LogP contribution in [-0.2, 0) is 14.4 Å². The molecule has 3 N–H and O–H groups in total. The number of aliphatic carboxylic acids is 1. The van der Waals surface area contributed by atoms with Crippen LogP contribution in [0.2, 0.25) is 0 Å². The highest BCUT2D eigenvalue weighted by Gasteiger charge is 2.31. The topological polar surface area (TPSA) is 98.7 Å². The molecule has 96 valence electrons. The van der Waals surface area contributed by atoms with Gasteiger partial charge < -0.3 is 10.4 Å². The van der Waals surface area contributed by atoms with Crippen molar-refractivity contribution in [3.05, 3.63) is 0 Å². The number of carbonyl (C=O) groups excluding carboxylic acids is 2. The summed E-state index contributed by atoms with van der Waals surface area (Å²) in [5.74, 6) is -1.53. The second kappa shape index (κ2) is 6.19. The quantitative estimate of drug-likeness (QED) is 0.594. The van der Waals surface area contributed by atoms with Gasteiger partial charge in [-0.05, 0) is 12.8 Å². The monoisotopic (exact) mass is 243 g/mol. The normalized spacial score (nSPS) is 19.8. The molecule has 0 aromatic heterocycles. The van der Waals surface area contributed by atoms with E-state index < -0.39 is 12.0 Å². The van der Waals surface area contributed by atoms with Crippen LogP contribution in [0.15, 0.2) is 0 Å². The molecule has 1 aliphatic heterocycles. The van der Waals surface area contributed by atoms with Crippen molar-refractivity contribution < 1.29 is 19.5 Å². The largest absolute Gasteiger partial charge is 0.480 e. The van der Waals surface area contributed by atoms with Crippen molar-refractivity contribution in [3.63, 3.8) is 0 Å². The molecule has 0 radical (unpaired) electrons. The Morgan fingerprint density at radius 2 is 2.18 bits per heavy atom. The molecule has 0 spiro atoms. The first-order valence-electron chi connectivity index (χ1n) is 5.55. The van der Waals surface area contributed by atoms with Crippen molar-refractivity contribution >= 4 is 17.8 Å². The second-order valence-electron chi connectivity index (χ2n) is 3.90. The van der Waals surface area contributed by atoms with E-state index in [4.69, 9.17) is 5.11 Å². The molecule has 0 bridgehead atoms. The van der Waals surface area contributed by atoms with Crippen LogP contribution in [0.4, 0.5) is 0 Å². The molecule has 17 heavy (non-hydrogen) atoms. The van der Waals surface area contributed by atoms with Crippen molar-refractivity contribution in [1.29, 1.82) is 0 Å². The smallest absolute Gasteiger partial charge is 0.328 e. The van der Waals surface area contributed by atoms with Gasteiger partial charge in [0.1, 0.15) is 6.04 Å². The number of hydrogen-bond donors (Lipinski definition) is 3. The maximum atomic E-state index is 11.7. The van der Waals surface area contributed by atoms with Crippen LogP contribution >= 0.6 is 0 Å². The molecule has 0 aromatic rings. The summed E-state index contributed by atoms with van der Waals surface area (Å²) in [5, 5.41) is 12.6. The fraction of sp³-hybridized carbons (Fsp3) is 0.700. The fourth-order valence-electron chi connectivity index (χ4n) is 1.70. The van der Waals surface area contributed by atoms with Gasteiger partial charge in [-0.15, -0.1) is 0 Å². The first-order valence-corrected chi connectivity index (χ1v) is 5.55. The molecule has 1 aliphatic rings. The molecular formula is C10H17N3O4. The van der Waals surface area contributed by atoms with E-state index in [1.807, 2.05) is 0 Å². The van der Waals surface area contributed by atoms with Crippen molar-refractivity contribution in [2.45, 2.75) is 32.2 Å². The molecule has 1 atom stereocenters. The first-order chi connectivity index (χ1) is 8.02. The zero-order valence-electron chi connectivity index (χ0n) is 9.73. The Morgan fingerprint density at radius 3 is 2.76 bits per heavy atom. The van der Waals surface area contributed by atoms with Crippen LogP contribution in [0.1, 0.15) is 26.2 Å². The van der Waals surface area contributed by atoms with E-state index >= 15 is 0 Å². The number of hydrogen-bond acceptors (Lipinski definition) is 4. The standard InChI is InChI=1S/C10H17N3O4/c1-7(14)11-6-4-9(15)13-8(10(16)17)3-2-5-12-13/h8,12H,2-6H2,1H3,(H,11,14)(H,16,17). The number of carbonyl (C=O) groups is 3. The molecule has 1 saturated heterocycles.